The molecule has 1 atom stereocenters. The average Bonchev–Trinajstić information content (AvgIpc) is 2.63. The van der Waals surface area contributed by atoms with Crippen LogP contribution >= 0.6 is 0 Å². The highest BCUT2D eigenvalue weighted by Crippen LogP contribution is 2.22. The zero-order valence-electron chi connectivity index (χ0n) is 12.4. The number of nitrogens with zero attached hydrogens (tertiary/aromatic N) is 3. The van der Waals surface area contributed by atoms with Crippen molar-refractivity contribution in [3.8, 4) is 0 Å². The second-order valence-corrected chi connectivity index (χ2v) is 6.77. The first kappa shape index (κ1) is 15.4. The minimum absolute atomic E-state index is 0.309. The number of hydrogen-bond donors (Lipinski definition) is 1. The van der Waals surface area contributed by atoms with E-state index in [1.54, 1.807) is 4.68 Å². The van der Waals surface area contributed by atoms with Crippen LogP contribution in [-0.4, -0.2) is 48.8 Å². The zero-order chi connectivity index (χ0) is 14.9. The topological polar surface area (TPSA) is 76.5 Å². The van der Waals surface area contributed by atoms with Crippen LogP contribution in [0.1, 0.15) is 29.9 Å². The molecular formula is C12H22N4O3S. The van der Waals surface area contributed by atoms with E-state index in [9.17, 15) is 8.42 Å². The van der Waals surface area contributed by atoms with E-state index in [1.807, 2.05) is 27.8 Å². The van der Waals surface area contributed by atoms with E-state index in [0.717, 1.165) is 17.0 Å². The van der Waals surface area contributed by atoms with Crippen molar-refractivity contribution < 1.29 is 13.2 Å². The lowest BCUT2D eigenvalue weighted by atomic mass is 10.1. The van der Waals surface area contributed by atoms with Crippen LogP contribution in [0.15, 0.2) is 0 Å². The summed E-state index contributed by atoms with van der Waals surface area (Å²) in [5, 5.41) is 4.32. The van der Waals surface area contributed by atoms with Crippen molar-refractivity contribution in [3.63, 3.8) is 0 Å². The van der Waals surface area contributed by atoms with Crippen LogP contribution in [0.5, 0.6) is 0 Å². The second kappa shape index (κ2) is 5.80. The van der Waals surface area contributed by atoms with Gasteiger partial charge in [0.25, 0.3) is 10.2 Å². The van der Waals surface area contributed by atoms with Gasteiger partial charge >= 0.3 is 0 Å². The molecule has 1 saturated heterocycles. The van der Waals surface area contributed by atoms with E-state index in [0.29, 0.717) is 26.3 Å². The Balaban J connectivity index is 2.16. The van der Waals surface area contributed by atoms with Gasteiger partial charge in [-0.25, -0.2) is 0 Å². The molecule has 7 nitrogen and oxygen atoms in total. The van der Waals surface area contributed by atoms with Gasteiger partial charge in [-0.1, -0.05) is 0 Å². The van der Waals surface area contributed by atoms with Gasteiger partial charge in [0.15, 0.2) is 0 Å². The van der Waals surface area contributed by atoms with Gasteiger partial charge in [0.1, 0.15) is 0 Å². The first-order valence-corrected chi connectivity index (χ1v) is 8.12. The molecule has 1 unspecified atom stereocenters. The van der Waals surface area contributed by atoms with Gasteiger partial charge in [0.05, 0.1) is 18.9 Å². The third kappa shape index (κ3) is 3.03. The van der Waals surface area contributed by atoms with Crippen LogP contribution in [0.3, 0.4) is 0 Å². The molecule has 1 aromatic heterocycles. The van der Waals surface area contributed by atoms with Crippen molar-refractivity contribution in [2.24, 2.45) is 7.05 Å². The van der Waals surface area contributed by atoms with Crippen LogP contribution in [0.4, 0.5) is 0 Å². The van der Waals surface area contributed by atoms with E-state index in [4.69, 9.17) is 4.74 Å². The summed E-state index contributed by atoms with van der Waals surface area (Å²) < 4.78 is 35.8. The van der Waals surface area contributed by atoms with Crippen LogP contribution in [0.25, 0.3) is 0 Å². The Labute approximate surface area is 120 Å². The maximum atomic E-state index is 12.3. The molecule has 0 aromatic carbocycles. The van der Waals surface area contributed by atoms with Gasteiger partial charge in [-0.05, 0) is 20.8 Å². The summed E-state index contributed by atoms with van der Waals surface area (Å²) in [7, 11) is -1.63. The SMILES string of the molecule is Cc1nn(C)c(C)c1C(C)NS(=O)(=O)N1CCOCC1. The van der Waals surface area contributed by atoms with Crippen molar-refractivity contribution in [1.29, 1.82) is 0 Å². The quantitative estimate of drug-likeness (QED) is 0.866. The number of hydrogen-bond acceptors (Lipinski definition) is 4. The summed E-state index contributed by atoms with van der Waals surface area (Å²) in [5.74, 6) is 0. The summed E-state index contributed by atoms with van der Waals surface area (Å²) >= 11 is 0. The van der Waals surface area contributed by atoms with Crippen LogP contribution in [0.2, 0.25) is 0 Å². The Hall–Kier alpha value is -0.960. The fourth-order valence-electron chi connectivity index (χ4n) is 2.56. The van der Waals surface area contributed by atoms with Gasteiger partial charge in [0.2, 0.25) is 0 Å². The molecule has 8 heteroatoms. The highest BCUT2D eigenvalue weighted by molar-refractivity contribution is 7.87. The van der Waals surface area contributed by atoms with E-state index < -0.39 is 10.2 Å². The number of aryl methyl sites for hydroxylation is 2. The Morgan fingerprint density at radius 3 is 2.40 bits per heavy atom. The van der Waals surface area contributed by atoms with Crippen molar-refractivity contribution in [1.82, 2.24) is 18.8 Å². The molecule has 0 aliphatic carbocycles. The molecule has 1 fully saturated rings. The molecule has 0 radical (unpaired) electrons. The number of ether oxygens (including phenoxy) is 1. The number of morpholine rings is 1. The van der Waals surface area contributed by atoms with Crippen molar-refractivity contribution in [2.75, 3.05) is 26.3 Å². The lowest BCUT2D eigenvalue weighted by molar-refractivity contribution is 0.0723. The monoisotopic (exact) mass is 302 g/mol. The van der Waals surface area contributed by atoms with E-state index >= 15 is 0 Å². The summed E-state index contributed by atoms with van der Waals surface area (Å²) in [6, 6.07) is -0.309. The second-order valence-electron chi connectivity index (χ2n) is 5.06. The summed E-state index contributed by atoms with van der Waals surface area (Å²) in [6.45, 7) is 7.35. The maximum absolute atomic E-state index is 12.3. The van der Waals surface area contributed by atoms with Gasteiger partial charge in [-0.3, -0.25) is 4.68 Å². The molecular weight excluding hydrogens is 280 g/mol. The minimum atomic E-state index is -3.49. The largest absolute Gasteiger partial charge is 0.379 e. The van der Waals surface area contributed by atoms with Gasteiger partial charge in [0, 0.05) is 37.4 Å². The van der Waals surface area contributed by atoms with Crippen molar-refractivity contribution >= 4 is 10.2 Å². The molecule has 1 N–H and O–H groups in total. The van der Waals surface area contributed by atoms with E-state index in [1.165, 1.54) is 4.31 Å². The van der Waals surface area contributed by atoms with Crippen LogP contribution < -0.4 is 4.72 Å². The molecule has 2 rings (SSSR count). The smallest absolute Gasteiger partial charge is 0.280 e. The van der Waals surface area contributed by atoms with Crippen LogP contribution in [0, 0.1) is 13.8 Å². The lowest BCUT2D eigenvalue weighted by Crippen LogP contribution is -2.47. The Kier molecular flexibility index (Phi) is 4.48. The molecule has 1 aliphatic rings. The Bertz CT molecular complexity index is 576. The van der Waals surface area contributed by atoms with Crippen molar-refractivity contribution in [2.45, 2.75) is 26.8 Å². The summed E-state index contributed by atoms with van der Waals surface area (Å²) in [5.41, 5.74) is 2.76. The first-order chi connectivity index (χ1) is 9.33. The first-order valence-electron chi connectivity index (χ1n) is 6.68. The van der Waals surface area contributed by atoms with E-state index in [2.05, 4.69) is 9.82 Å². The normalized spacial score (nSPS) is 19.2. The number of aromatic nitrogens is 2. The fourth-order valence-corrected chi connectivity index (χ4v) is 3.90. The standard InChI is InChI=1S/C12H22N4O3S/c1-9-12(11(3)15(4)13-9)10(2)14-20(17,18)16-5-7-19-8-6-16/h10,14H,5-8H2,1-4H3. The lowest BCUT2D eigenvalue weighted by Gasteiger charge is -2.27. The minimum Gasteiger partial charge on any atom is -0.379 e. The Morgan fingerprint density at radius 1 is 1.30 bits per heavy atom. The number of rotatable bonds is 4. The van der Waals surface area contributed by atoms with Crippen LogP contribution in [-0.2, 0) is 22.0 Å². The maximum Gasteiger partial charge on any atom is 0.280 e. The zero-order valence-corrected chi connectivity index (χ0v) is 13.2. The molecule has 0 spiro atoms. The summed E-state index contributed by atoms with van der Waals surface area (Å²) in [6.07, 6.45) is 0. The van der Waals surface area contributed by atoms with Gasteiger partial charge < -0.3 is 4.74 Å². The molecule has 0 bridgehead atoms. The average molecular weight is 302 g/mol. The predicted octanol–water partition coefficient (Wildman–Crippen LogP) is 0.265. The van der Waals surface area contributed by atoms with Gasteiger partial charge in [-0.2, -0.15) is 22.5 Å². The molecule has 0 saturated carbocycles. The molecule has 1 aliphatic heterocycles. The van der Waals surface area contributed by atoms with Crippen molar-refractivity contribution in [3.05, 3.63) is 17.0 Å². The Morgan fingerprint density at radius 2 is 1.90 bits per heavy atom. The van der Waals surface area contributed by atoms with E-state index in [-0.39, 0.29) is 6.04 Å². The fraction of sp³-hybridized carbons (Fsp3) is 0.750. The third-order valence-electron chi connectivity index (χ3n) is 3.63. The third-order valence-corrected chi connectivity index (χ3v) is 5.33. The van der Waals surface area contributed by atoms with Gasteiger partial charge in [-0.15, -0.1) is 0 Å². The molecule has 2 heterocycles. The highest BCUT2D eigenvalue weighted by atomic mass is 32.2. The molecule has 1 aromatic rings. The molecule has 114 valence electrons. The molecule has 20 heavy (non-hydrogen) atoms. The number of nitrogens with one attached hydrogen (secondary N) is 1. The summed E-state index contributed by atoms with van der Waals surface area (Å²) in [4.78, 5) is 0. The molecule has 0 amide bonds. The predicted molar refractivity (Wildman–Crippen MR) is 75.5 cm³/mol. The highest BCUT2D eigenvalue weighted by Gasteiger charge is 2.27.